The zero-order valence-corrected chi connectivity index (χ0v) is 16.1. The normalized spacial score (nSPS) is 17.7. The van der Waals surface area contributed by atoms with Crippen molar-refractivity contribution in [3.8, 4) is 0 Å². The molecular weight excluding hydrogens is 352 g/mol. The maximum atomic E-state index is 12.9. The molecule has 1 fully saturated rings. The van der Waals surface area contributed by atoms with Gasteiger partial charge in [0.15, 0.2) is 0 Å². The van der Waals surface area contributed by atoms with Crippen LogP contribution in [0.15, 0.2) is 36.4 Å². The number of benzene rings is 1. The Bertz CT molecular complexity index is 1030. The number of fused-ring (bicyclic) bond motifs is 2. The molecule has 0 N–H and O–H groups in total. The van der Waals surface area contributed by atoms with Crippen LogP contribution >= 0.6 is 0 Å². The zero-order chi connectivity index (χ0) is 19.1. The van der Waals surface area contributed by atoms with Crippen molar-refractivity contribution in [3.05, 3.63) is 59.0 Å². The average Bonchev–Trinajstić information content (AvgIpc) is 3.10. The lowest BCUT2D eigenvalue weighted by Crippen LogP contribution is -2.38. The summed E-state index contributed by atoms with van der Waals surface area (Å²) in [6.45, 7) is 2.92. The second-order valence-electron chi connectivity index (χ2n) is 7.69. The van der Waals surface area contributed by atoms with E-state index in [0.717, 1.165) is 49.9 Å². The van der Waals surface area contributed by atoms with Gasteiger partial charge < -0.3 is 9.64 Å². The highest BCUT2D eigenvalue weighted by Crippen LogP contribution is 2.33. The fourth-order valence-electron chi connectivity index (χ4n) is 4.47. The molecule has 144 valence electrons. The maximum Gasteiger partial charge on any atom is 0.272 e. The first-order chi connectivity index (χ1) is 13.7. The largest absolute Gasteiger partial charge is 0.376 e. The van der Waals surface area contributed by atoms with Gasteiger partial charge in [0.05, 0.1) is 24.4 Å². The van der Waals surface area contributed by atoms with E-state index in [0.29, 0.717) is 18.2 Å². The van der Waals surface area contributed by atoms with E-state index in [1.807, 2.05) is 53.0 Å². The smallest absolute Gasteiger partial charge is 0.272 e. The quantitative estimate of drug-likeness (QED) is 0.690. The average molecular weight is 376 g/mol. The van der Waals surface area contributed by atoms with E-state index < -0.39 is 0 Å². The maximum absolute atomic E-state index is 12.9. The summed E-state index contributed by atoms with van der Waals surface area (Å²) >= 11 is 0. The monoisotopic (exact) mass is 376 g/mol. The lowest BCUT2D eigenvalue weighted by molar-refractivity contribution is 0.0704. The Balaban J connectivity index is 1.31. The van der Waals surface area contributed by atoms with E-state index in [2.05, 4.69) is 4.98 Å². The molecule has 0 unspecified atom stereocenters. The number of para-hydroxylation sites is 1. The second kappa shape index (κ2) is 7.02. The van der Waals surface area contributed by atoms with Gasteiger partial charge in [0.1, 0.15) is 5.69 Å². The molecule has 1 saturated heterocycles. The van der Waals surface area contributed by atoms with Crippen molar-refractivity contribution < 1.29 is 9.53 Å². The number of aryl methyl sites for hydroxylation is 1. The van der Waals surface area contributed by atoms with E-state index in [-0.39, 0.29) is 5.91 Å². The van der Waals surface area contributed by atoms with E-state index in [4.69, 9.17) is 9.84 Å². The Morgan fingerprint density at radius 1 is 1.14 bits per heavy atom. The Labute approximate surface area is 164 Å². The van der Waals surface area contributed by atoms with E-state index >= 15 is 0 Å². The van der Waals surface area contributed by atoms with Crippen LogP contribution in [0.25, 0.3) is 10.9 Å². The fraction of sp³-hybridized carbons (Fsp3) is 0.409. The molecule has 2 aliphatic rings. The second-order valence-corrected chi connectivity index (χ2v) is 7.69. The zero-order valence-electron chi connectivity index (χ0n) is 16.1. The Kier molecular flexibility index (Phi) is 4.36. The number of rotatable bonds is 2. The van der Waals surface area contributed by atoms with Gasteiger partial charge in [0, 0.05) is 49.1 Å². The van der Waals surface area contributed by atoms with Crippen LogP contribution in [0.4, 0.5) is 0 Å². The molecule has 0 radical (unpaired) electrons. The number of nitrogens with zero attached hydrogens (tertiary/aromatic N) is 4. The van der Waals surface area contributed by atoms with Gasteiger partial charge in [-0.3, -0.25) is 9.48 Å². The van der Waals surface area contributed by atoms with Gasteiger partial charge in [-0.15, -0.1) is 0 Å². The van der Waals surface area contributed by atoms with Crippen LogP contribution in [-0.4, -0.2) is 45.3 Å². The lowest BCUT2D eigenvalue weighted by Gasteiger charge is -2.31. The number of ether oxygens (including phenoxy) is 1. The van der Waals surface area contributed by atoms with Crippen molar-refractivity contribution in [2.75, 3.05) is 19.7 Å². The summed E-state index contributed by atoms with van der Waals surface area (Å²) in [5.74, 6) is 0.417. The minimum atomic E-state index is 0.0237. The number of hydrogen-bond acceptors (Lipinski definition) is 4. The molecule has 4 heterocycles. The van der Waals surface area contributed by atoms with Crippen molar-refractivity contribution in [1.29, 1.82) is 0 Å². The Morgan fingerprint density at radius 3 is 2.82 bits per heavy atom. The summed E-state index contributed by atoms with van der Waals surface area (Å²) in [5.41, 5.74) is 5.15. The van der Waals surface area contributed by atoms with Crippen molar-refractivity contribution in [1.82, 2.24) is 19.7 Å². The predicted molar refractivity (Wildman–Crippen MR) is 106 cm³/mol. The van der Waals surface area contributed by atoms with E-state index in [1.165, 1.54) is 17.0 Å². The summed E-state index contributed by atoms with van der Waals surface area (Å²) in [7, 11) is 2.03. The third-order valence-corrected chi connectivity index (χ3v) is 6.02. The third-order valence-electron chi connectivity index (χ3n) is 6.02. The third kappa shape index (κ3) is 2.98. The predicted octanol–water partition coefficient (Wildman–Crippen LogP) is 3.06. The van der Waals surface area contributed by atoms with Crippen molar-refractivity contribution >= 4 is 16.8 Å². The molecule has 0 aliphatic carbocycles. The first kappa shape index (κ1) is 17.4. The molecule has 0 saturated carbocycles. The summed E-state index contributed by atoms with van der Waals surface area (Å²) < 4.78 is 7.68. The van der Waals surface area contributed by atoms with Crippen LogP contribution in [0.5, 0.6) is 0 Å². The molecule has 3 aromatic rings. The summed E-state index contributed by atoms with van der Waals surface area (Å²) in [4.78, 5) is 19.4. The van der Waals surface area contributed by atoms with Crippen molar-refractivity contribution in [3.63, 3.8) is 0 Å². The Morgan fingerprint density at radius 2 is 1.96 bits per heavy atom. The van der Waals surface area contributed by atoms with Gasteiger partial charge in [-0.05, 0) is 25.0 Å². The highest BCUT2D eigenvalue weighted by Gasteiger charge is 2.30. The van der Waals surface area contributed by atoms with Crippen LogP contribution in [0.2, 0.25) is 0 Å². The molecule has 0 bridgehead atoms. The highest BCUT2D eigenvalue weighted by molar-refractivity contribution is 5.95. The van der Waals surface area contributed by atoms with Gasteiger partial charge in [-0.1, -0.05) is 24.3 Å². The molecule has 1 aromatic carbocycles. The minimum absolute atomic E-state index is 0.0237. The first-order valence-corrected chi connectivity index (χ1v) is 9.98. The van der Waals surface area contributed by atoms with Crippen LogP contribution in [0, 0.1) is 0 Å². The summed E-state index contributed by atoms with van der Waals surface area (Å²) in [6, 6.07) is 11.7. The molecule has 6 heteroatoms. The number of carbonyl (C=O) groups is 1. The van der Waals surface area contributed by atoms with Gasteiger partial charge in [-0.2, -0.15) is 5.10 Å². The molecule has 0 spiro atoms. The Hall–Kier alpha value is -2.73. The number of aromatic nitrogens is 3. The van der Waals surface area contributed by atoms with Gasteiger partial charge in [0.25, 0.3) is 5.91 Å². The number of amides is 1. The van der Waals surface area contributed by atoms with Crippen molar-refractivity contribution in [2.24, 2.45) is 7.05 Å². The molecule has 2 aromatic heterocycles. The number of pyridine rings is 1. The minimum Gasteiger partial charge on any atom is -0.376 e. The fourth-order valence-corrected chi connectivity index (χ4v) is 4.47. The summed E-state index contributed by atoms with van der Waals surface area (Å²) in [5, 5.41) is 5.85. The van der Waals surface area contributed by atoms with E-state index in [9.17, 15) is 4.79 Å². The molecular formula is C22H24N4O2. The number of likely N-dealkylation sites (tertiary alicyclic amines) is 1. The number of hydrogen-bond donors (Lipinski definition) is 0. The number of carbonyl (C=O) groups excluding carboxylic acids is 1. The SMILES string of the molecule is Cn1nc(C2CCN(C(=O)c3ccc4ccccc4n3)CC2)c2c1CCOC2. The lowest BCUT2D eigenvalue weighted by atomic mass is 9.90. The molecule has 0 atom stereocenters. The number of piperidine rings is 1. The molecule has 2 aliphatic heterocycles. The van der Waals surface area contributed by atoms with Gasteiger partial charge >= 0.3 is 0 Å². The van der Waals surface area contributed by atoms with Gasteiger partial charge in [-0.25, -0.2) is 4.98 Å². The van der Waals surface area contributed by atoms with Crippen LogP contribution in [-0.2, 0) is 24.8 Å². The highest BCUT2D eigenvalue weighted by atomic mass is 16.5. The van der Waals surface area contributed by atoms with Crippen LogP contribution in [0.3, 0.4) is 0 Å². The standard InChI is InChI=1S/C22H24N4O2/c1-25-20-10-13-28-14-17(20)21(24-25)16-8-11-26(12-9-16)22(27)19-7-6-15-4-2-3-5-18(15)23-19/h2-7,16H,8-14H2,1H3. The first-order valence-electron chi connectivity index (χ1n) is 9.98. The van der Waals surface area contributed by atoms with Crippen LogP contribution < -0.4 is 0 Å². The van der Waals surface area contributed by atoms with E-state index in [1.54, 1.807) is 0 Å². The molecule has 5 rings (SSSR count). The van der Waals surface area contributed by atoms with Crippen molar-refractivity contribution in [2.45, 2.75) is 31.8 Å². The molecule has 6 nitrogen and oxygen atoms in total. The molecule has 1 amide bonds. The topological polar surface area (TPSA) is 60.2 Å². The summed E-state index contributed by atoms with van der Waals surface area (Å²) in [6.07, 6.45) is 2.80. The molecule has 28 heavy (non-hydrogen) atoms. The van der Waals surface area contributed by atoms with Crippen LogP contribution in [0.1, 0.15) is 46.2 Å². The van der Waals surface area contributed by atoms with Gasteiger partial charge in [0.2, 0.25) is 0 Å².